The third kappa shape index (κ3) is 5.19. The molecule has 0 radical (unpaired) electrons. The molecule has 1 atom stereocenters. The van der Waals surface area contributed by atoms with Crippen molar-refractivity contribution in [2.45, 2.75) is 31.5 Å². The molecule has 6 nitrogen and oxygen atoms in total. The summed E-state index contributed by atoms with van der Waals surface area (Å²) in [5.74, 6) is -0.154. The molecule has 1 aromatic rings. The highest BCUT2D eigenvalue weighted by Gasteiger charge is 2.31. The second-order valence-electron chi connectivity index (χ2n) is 5.24. The summed E-state index contributed by atoms with van der Waals surface area (Å²) in [5.41, 5.74) is 0.952. The van der Waals surface area contributed by atoms with Crippen LogP contribution in [-0.4, -0.2) is 47.8 Å². The molecule has 0 unspecified atom stereocenters. The molecule has 0 bridgehead atoms. The van der Waals surface area contributed by atoms with Gasteiger partial charge in [0.15, 0.2) is 6.61 Å². The predicted octanol–water partition coefficient (Wildman–Crippen LogP) is 2.36. The molecule has 23 heavy (non-hydrogen) atoms. The van der Waals surface area contributed by atoms with Crippen molar-refractivity contribution in [1.82, 2.24) is 15.2 Å². The summed E-state index contributed by atoms with van der Waals surface area (Å²) in [6.45, 7) is -1.09. The van der Waals surface area contributed by atoms with E-state index in [1.807, 2.05) is 12.1 Å². The molecular weight excluding hydrogens is 315 g/mol. The molecular formula is C14H18F3N3O3. The zero-order valence-electron chi connectivity index (χ0n) is 12.4. The van der Waals surface area contributed by atoms with Crippen LogP contribution in [0, 0.1) is 0 Å². The van der Waals surface area contributed by atoms with Gasteiger partial charge in [0, 0.05) is 31.4 Å². The Morgan fingerprint density at radius 1 is 1.43 bits per heavy atom. The molecule has 1 saturated heterocycles. The van der Waals surface area contributed by atoms with Crippen molar-refractivity contribution in [3.63, 3.8) is 0 Å². The van der Waals surface area contributed by atoms with E-state index in [1.54, 1.807) is 11.1 Å². The van der Waals surface area contributed by atoms with E-state index >= 15 is 0 Å². The van der Waals surface area contributed by atoms with E-state index in [0.717, 1.165) is 18.5 Å². The van der Waals surface area contributed by atoms with Crippen LogP contribution >= 0.6 is 0 Å². The Hall–Kier alpha value is -2.19. The van der Waals surface area contributed by atoms with E-state index in [4.69, 9.17) is 0 Å². The summed E-state index contributed by atoms with van der Waals surface area (Å²) >= 11 is 0. The molecule has 2 amide bonds. The number of nitrogens with one attached hydrogen (secondary N) is 2. The zero-order chi connectivity index (χ0) is 16.9. The Balaban J connectivity index is 1.73. The fourth-order valence-corrected chi connectivity index (χ4v) is 2.55. The zero-order valence-corrected chi connectivity index (χ0v) is 12.4. The second-order valence-corrected chi connectivity index (χ2v) is 5.24. The third-order valence-corrected chi connectivity index (χ3v) is 3.53. The number of rotatable bonds is 5. The molecule has 0 aliphatic carbocycles. The Kier molecular flexibility index (Phi) is 5.51. The number of carbonyl (C=O) groups is 2. The molecule has 0 aromatic carbocycles. The predicted molar refractivity (Wildman–Crippen MR) is 74.5 cm³/mol. The van der Waals surface area contributed by atoms with Crippen LogP contribution in [0.4, 0.5) is 18.0 Å². The lowest BCUT2D eigenvalue weighted by Gasteiger charge is -2.24. The summed E-state index contributed by atoms with van der Waals surface area (Å²) in [6.07, 6.45) is -2.21. The number of hydrogen-bond donors (Lipinski definition) is 2. The second kappa shape index (κ2) is 7.38. The van der Waals surface area contributed by atoms with Crippen molar-refractivity contribution < 1.29 is 27.5 Å². The van der Waals surface area contributed by atoms with Gasteiger partial charge in [-0.1, -0.05) is 0 Å². The average molecular weight is 333 g/mol. The maximum atomic E-state index is 12.2. The number of alkyl carbamates (subject to hydrolysis) is 1. The topological polar surface area (TPSA) is 74.4 Å². The van der Waals surface area contributed by atoms with Gasteiger partial charge in [-0.3, -0.25) is 4.79 Å². The smallest absolute Gasteiger partial charge is 0.422 e. The van der Waals surface area contributed by atoms with Gasteiger partial charge < -0.3 is 19.9 Å². The first-order chi connectivity index (χ1) is 10.9. The molecule has 1 fully saturated rings. The normalized spacial score (nSPS) is 18.0. The van der Waals surface area contributed by atoms with E-state index in [1.165, 1.54) is 0 Å². The number of alkyl halides is 3. The van der Waals surface area contributed by atoms with E-state index in [9.17, 15) is 22.8 Å². The van der Waals surface area contributed by atoms with Gasteiger partial charge in [-0.2, -0.15) is 13.2 Å². The molecule has 9 heteroatoms. The van der Waals surface area contributed by atoms with Crippen molar-refractivity contribution >= 4 is 12.0 Å². The van der Waals surface area contributed by atoms with Crippen LogP contribution in [0.15, 0.2) is 18.3 Å². The molecule has 128 valence electrons. The number of halogens is 3. The molecule has 0 saturated carbocycles. The highest BCUT2D eigenvalue weighted by atomic mass is 19.4. The first-order valence-corrected chi connectivity index (χ1v) is 7.27. The van der Waals surface area contributed by atoms with Gasteiger partial charge in [0.1, 0.15) is 0 Å². The van der Waals surface area contributed by atoms with Gasteiger partial charge in [-0.25, -0.2) is 4.79 Å². The highest BCUT2D eigenvalue weighted by molar-refractivity contribution is 5.78. The number of amides is 2. The Morgan fingerprint density at radius 2 is 2.22 bits per heavy atom. The first kappa shape index (κ1) is 17.2. The van der Waals surface area contributed by atoms with Crippen molar-refractivity contribution in [3.8, 4) is 0 Å². The molecule has 1 aromatic heterocycles. The molecule has 0 spiro atoms. The summed E-state index contributed by atoms with van der Waals surface area (Å²) in [4.78, 5) is 28.1. The summed E-state index contributed by atoms with van der Waals surface area (Å²) in [7, 11) is 0. The van der Waals surface area contributed by atoms with E-state index < -0.39 is 18.9 Å². The number of likely N-dealkylation sites (tertiary alicyclic amines) is 1. The summed E-state index contributed by atoms with van der Waals surface area (Å²) < 4.78 is 39.6. The van der Waals surface area contributed by atoms with Crippen LogP contribution < -0.4 is 5.32 Å². The van der Waals surface area contributed by atoms with Crippen molar-refractivity contribution in [2.24, 2.45) is 0 Å². The number of aromatic amines is 1. The summed E-state index contributed by atoms with van der Waals surface area (Å²) in [6, 6.07) is 3.74. The number of aromatic nitrogens is 1. The van der Waals surface area contributed by atoms with Gasteiger partial charge in [0.05, 0.1) is 6.04 Å². The lowest BCUT2D eigenvalue weighted by Crippen LogP contribution is -2.35. The number of nitrogens with zero attached hydrogens (tertiary/aromatic N) is 1. The minimum atomic E-state index is -4.56. The standard InChI is InChI=1S/C14H18F3N3O3/c15-14(16,17)9-23-13(22)19-7-5-12(21)20-8-2-4-11(20)10-3-1-6-18-10/h1,3,6,11,18H,2,4-5,7-9H2,(H,19,22)/t11-/m1/s1. The van der Waals surface area contributed by atoms with Crippen LogP contribution in [0.2, 0.25) is 0 Å². The number of H-pyrrole nitrogens is 1. The fourth-order valence-electron chi connectivity index (χ4n) is 2.55. The minimum absolute atomic E-state index is 0.0122. The minimum Gasteiger partial charge on any atom is -0.440 e. The Labute approximate surface area is 131 Å². The van der Waals surface area contributed by atoms with E-state index in [2.05, 4.69) is 15.0 Å². The number of hydrogen-bond acceptors (Lipinski definition) is 3. The lowest BCUT2D eigenvalue weighted by molar-refractivity contribution is -0.160. The lowest BCUT2D eigenvalue weighted by atomic mass is 10.1. The quantitative estimate of drug-likeness (QED) is 0.869. The number of carbonyl (C=O) groups excluding carboxylic acids is 2. The van der Waals surface area contributed by atoms with E-state index in [-0.39, 0.29) is 24.9 Å². The van der Waals surface area contributed by atoms with Gasteiger partial charge >= 0.3 is 12.3 Å². The van der Waals surface area contributed by atoms with Gasteiger partial charge in [-0.15, -0.1) is 0 Å². The largest absolute Gasteiger partial charge is 0.440 e. The Morgan fingerprint density at radius 3 is 2.87 bits per heavy atom. The number of ether oxygens (including phenoxy) is 1. The molecule has 1 aliphatic rings. The van der Waals surface area contributed by atoms with Crippen molar-refractivity contribution in [1.29, 1.82) is 0 Å². The van der Waals surface area contributed by atoms with Gasteiger partial charge in [0.2, 0.25) is 5.91 Å². The van der Waals surface area contributed by atoms with E-state index in [0.29, 0.717) is 6.54 Å². The van der Waals surface area contributed by atoms with Crippen LogP contribution in [0.5, 0.6) is 0 Å². The Bertz CT molecular complexity index is 531. The fraction of sp³-hybridized carbons (Fsp3) is 0.571. The van der Waals surface area contributed by atoms with Gasteiger partial charge in [0.25, 0.3) is 0 Å². The van der Waals surface area contributed by atoms with Crippen molar-refractivity contribution in [3.05, 3.63) is 24.0 Å². The van der Waals surface area contributed by atoms with Gasteiger partial charge in [-0.05, 0) is 25.0 Å². The molecule has 1 aliphatic heterocycles. The van der Waals surface area contributed by atoms with Crippen molar-refractivity contribution in [2.75, 3.05) is 19.7 Å². The molecule has 2 heterocycles. The first-order valence-electron chi connectivity index (χ1n) is 7.27. The molecule has 2 N–H and O–H groups in total. The SMILES string of the molecule is O=C(NCCC(=O)N1CCC[C@@H]1c1ccc[nH]1)OCC(F)(F)F. The average Bonchev–Trinajstić information content (AvgIpc) is 3.14. The highest BCUT2D eigenvalue weighted by Crippen LogP contribution is 2.31. The molecule has 2 rings (SSSR count). The van der Waals surface area contributed by atoms with Crippen LogP contribution in [0.3, 0.4) is 0 Å². The van der Waals surface area contributed by atoms with Crippen LogP contribution in [-0.2, 0) is 9.53 Å². The maximum absolute atomic E-state index is 12.2. The van der Waals surface area contributed by atoms with Crippen LogP contribution in [0.1, 0.15) is 31.0 Å². The van der Waals surface area contributed by atoms with Crippen LogP contribution in [0.25, 0.3) is 0 Å². The third-order valence-electron chi connectivity index (χ3n) is 3.53. The maximum Gasteiger partial charge on any atom is 0.422 e. The monoisotopic (exact) mass is 333 g/mol. The summed E-state index contributed by atoms with van der Waals surface area (Å²) in [5, 5.41) is 2.14.